The number of unbranched alkanes of at least 4 members (excludes halogenated alkanes) is 2. The summed E-state index contributed by atoms with van der Waals surface area (Å²) in [6, 6.07) is 0. The van der Waals surface area contributed by atoms with Crippen molar-refractivity contribution in [1.29, 1.82) is 0 Å². The van der Waals surface area contributed by atoms with Gasteiger partial charge in [-0.05, 0) is 31.6 Å². The van der Waals surface area contributed by atoms with Crippen molar-refractivity contribution in [3.8, 4) is 0 Å². The lowest BCUT2D eigenvalue weighted by Crippen LogP contribution is -2.16. The van der Waals surface area contributed by atoms with Gasteiger partial charge in [0.25, 0.3) is 0 Å². The van der Waals surface area contributed by atoms with Gasteiger partial charge in [-0.2, -0.15) is 0 Å². The Kier molecular flexibility index (Phi) is 14.3. The zero-order valence-electron chi connectivity index (χ0n) is 16.3. The van der Waals surface area contributed by atoms with E-state index in [2.05, 4.69) is 27.7 Å². The molecule has 5 nitrogen and oxygen atoms in total. The van der Waals surface area contributed by atoms with Gasteiger partial charge < -0.3 is 5.11 Å². The van der Waals surface area contributed by atoms with Gasteiger partial charge >= 0.3 is 7.82 Å². The lowest BCUT2D eigenvalue weighted by molar-refractivity contribution is -0.0394. The van der Waals surface area contributed by atoms with Gasteiger partial charge in [-0.3, -0.25) is 13.6 Å². The van der Waals surface area contributed by atoms with E-state index in [0.717, 1.165) is 51.4 Å². The van der Waals surface area contributed by atoms with Crippen molar-refractivity contribution in [3.63, 3.8) is 0 Å². The number of phosphoric ester groups is 1. The summed E-state index contributed by atoms with van der Waals surface area (Å²) >= 11 is 0. The Morgan fingerprint density at radius 3 is 1.58 bits per heavy atom. The van der Waals surface area contributed by atoms with E-state index in [9.17, 15) is 9.67 Å². The zero-order valence-corrected chi connectivity index (χ0v) is 17.2. The number of hydrogen-bond donors (Lipinski definition) is 1. The molecule has 0 fully saturated rings. The highest BCUT2D eigenvalue weighted by Crippen LogP contribution is 2.51. The molecule has 0 rings (SSSR count). The Morgan fingerprint density at radius 2 is 1.29 bits per heavy atom. The molecule has 6 heteroatoms. The summed E-state index contributed by atoms with van der Waals surface area (Å²) in [5.41, 5.74) is 0. The monoisotopic (exact) mass is 366 g/mol. The number of aliphatic hydroxyl groups is 1. The summed E-state index contributed by atoms with van der Waals surface area (Å²) in [5, 5.41) is 9.46. The van der Waals surface area contributed by atoms with Crippen molar-refractivity contribution in [2.45, 2.75) is 92.3 Å². The van der Waals surface area contributed by atoms with Gasteiger partial charge in [-0.1, -0.05) is 66.2 Å². The first-order valence-electron chi connectivity index (χ1n) is 9.66. The van der Waals surface area contributed by atoms with Crippen molar-refractivity contribution < 1.29 is 23.2 Å². The first-order chi connectivity index (χ1) is 11.4. The quantitative estimate of drug-likeness (QED) is 0.271. The number of phosphoric acid groups is 1. The fourth-order valence-electron chi connectivity index (χ4n) is 2.47. The van der Waals surface area contributed by atoms with E-state index in [4.69, 9.17) is 13.6 Å². The average molecular weight is 366 g/mol. The first kappa shape index (κ1) is 24.1. The summed E-state index contributed by atoms with van der Waals surface area (Å²) in [6.45, 7) is 10.6. The minimum absolute atomic E-state index is 0.335. The molecule has 0 saturated carbocycles. The molecule has 0 amide bonds. The molecule has 0 spiro atoms. The van der Waals surface area contributed by atoms with Crippen LogP contribution in [-0.4, -0.2) is 24.6 Å². The second-order valence-electron chi connectivity index (χ2n) is 6.58. The first-order valence-corrected chi connectivity index (χ1v) is 11.1. The van der Waals surface area contributed by atoms with Gasteiger partial charge in [0.1, 0.15) is 0 Å². The van der Waals surface area contributed by atoms with Crippen LogP contribution in [0.4, 0.5) is 0 Å². The van der Waals surface area contributed by atoms with Gasteiger partial charge in [-0.25, -0.2) is 4.57 Å². The maximum atomic E-state index is 12.8. The van der Waals surface area contributed by atoms with Crippen molar-refractivity contribution in [2.24, 2.45) is 11.8 Å². The van der Waals surface area contributed by atoms with Crippen LogP contribution in [0.5, 0.6) is 0 Å². The van der Waals surface area contributed by atoms with Crippen LogP contribution in [0, 0.1) is 11.8 Å². The Hall–Kier alpha value is 0.0700. The molecule has 0 saturated heterocycles. The summed E-state index contributed by atoms with van der Waals surface area (Å²) in [6.07, 6.45) is 7.33. The Labute approximate surface area is 149 Å². The summed E-state index contributed by atoms with van der Waals surface area (Å²) in [5.74, 6) is 0.670. The third kappa shape index (κ3) is 11.6. The third-order valence-electron chi connectivity index (χ3n) is 4.30. The number of rotatable bonds is 16. The van der Waals surface area contributed by atoms with Crippen LogP contribution in [-0.2, 0) is 18.1 Å². The van der Waals surface area contributed by atoms with E-state index in [0.29, 0.717) is 25.0 Å². The van der Waals surface area contributed by atoms with Crippen molar-refractivity contribution >= 4 is 7.82 Å². The standard InChI is InChI=1S/C18H39O5P/c1-6-10-12-17(8-3)14-21-24(20,23-16(5)19)22-15-18(9-4)13-11-7-2/h16-19H,6-15H2,1-5H3. The molecule has 3 unspecified atom stereocenters. The molecule has 3 atom stereocenters. The molecule has 1 N–H and O–H groups in total. The average Bonchev–Trinajstić information content (AvgIpc) is 2.54. The minimum Gasteiger partial charge on any atom is -0.368 e. The molecular formula is C18H39O5P. The fraction of sp³-hybridized carbons (Fsp3) is 1.00. The zero-order chi connectivity index (χ0) is 18.4. The lowest BCUT2D eigenvalue weighted by atomic mass is 10.0. The minimum atomic E-state index is -3.72. The van der Waals surface area contributed by atoms with Gasteiger partial charge in [0, 0.05) is 0 Å². The molecule has 0 aromatic carbocycles. The van der Waals surface area contributed by atoms with Crippen LogP contribution < -0.4 is 0 Å². The maximum absolute atomic E-state index is 12.8. The van der Waals surface area contributed by atoms with Crippen LogP contribution in [0.15, 0.2) is 0 Å². The number of aliphatic hydroxyl groups excluding tert-OH is 1. The smallest absolute Gasteiger partial charge is 0.368 e. The third-order valence-corrected chi connectivity index (χ3v) is 5.80. The van der Waals surface area contributed by atoms with Crippen LogP contribution in [0.25, 0.3) is 0 Å². The normalized spacial score (nSPS) is 18.1. The Bertz CT molecular complexity index is 311. The van der Waals surface area contributed by atoms with E-state index in [1.807, 2.05) is 0 Å². The predicted molar refractivity (Wildman–Crippen MR) is 98.9 cm³/mol. The van der Waals surface area contributed by atoms with E-state index in [1.165, 1.54) is 6.92 Å². The molecule has 24 heavy (non-hydrogen) atoms. The lowest BCUT2D eigenvalue weighted by Gasteiger charge is -2.24. The van der Waals surface area contributed by atoms with Crippen molar-refractivity contribution in [1.82, 2.24) is 0 Å². The fourth-order valence-corrected chi connectivity index (χ4v) is 3.83. The number of hydrogen-bond acceptors (Lipinski definition) is 5. The SMILES string of the molecule is CCCCC(CC)COP(=O)(OCC(CC)CCCC)OC(C)O. The Morgan fingerprint density at radius 1 is 0.875 bits per heavy atom. The second kappa shape index (κ2) is 14.3. The van der Waals surface area contributed by atoms with Gasteiger partial charge in [-0.15, -0.1) is 0 Å². The highest BCUT2D eigenvalue weighted by atomic mass is 31.2. The molecule has 0 aliphatic heterocycles. The van der Waals surface area contributed by atoms with Crippen molar-refractivity contribution in [2.75, 3.05) is 13.2 Å². The molecule has 146 valence electrons. The van der Waals surface area contributed by atoms with E-state index in [1.54, 1.807) is 0 Å². The predicted octanol–water partition coefficient (Wildman–Crippen LogP) is 5.92. The second-order valence-corrected chi connectivity index (χ2v) is 8.20. The van der Waals surface area contributed by atoms with Crippen LogP contribution in [0.1, 0.15) is 86.0 Å². The highest BCUT2D eigenvalue weighted by molar-refractivity contribution is 7.48. The molecule has 0 aliphatic carbocycles. The molecule has 0 radical (unpaired) electrons. The molecule has 0 aromatic heterocycles. The summed E-state index contributed by atoms with van der Waals surface area (Å²) in [7, 11) is -3.72. The van der Waals surface area contributed by atoms with Crippen molar-refractivity contribution in [3.05, 3.63) is 0 Å². The van der Waals surface area contributed by atoms with Gasteiger partial charge in [0.15, 0.2) is 6.29 Å². The summed E-state index contributed by atoms with van der Waals surface area (Å²) < 4.78 is 29.0. The Balaban J connectivity index is 4.60. The highest BCUT2D eigenvalue weighted by Gasteiger charge is 2.31. The largest absolute Gasteiger partial charge is 0.477 e. The molecular weight excluding hydrogens is 327 g/mol. The van der Waals surface area contributed by atoms with Gasteiger partial charge in [0.05, 0.1) is 13.2 Å². The van der Waals surface area contributed by atoms with Crippen LogP contribution in [0.2, 0.25) is 0 Å². The van der Waals surface area contributed by atoms with E-state index >= 15 is 0 Å². The van der Waals surface area contributed by atoms with Crippen LogP contribution >= 0.6 is 7.82 Å². The maximum Gasteiger partial charge on any atom is 0.477 e. The van der Waals surface area contributed by atoms with E-state index in [-0.39, 0.29) is 0 Å². The molecule has 0 heterocycles. The molecule has 0 aliphatic rings. The van der Waals surface area contributed by atoms with Gasteiger partial charge in [0.2, 0.25) is 0 Å². The molecule has 0 bridgehead atoms. The topological polar surface area (TPSA) is 65.0 Å². The molecule has 0 aromatic rings. The van der Waals surface area contributed by atoms with E-state index < -0.39 is 14.1 Å². The van der Waals surface area contributed by atoms with Crippen LogP contribution in [0.3, 0.4) is 0 Å². The summed E-state index contributed by atoms with van der Waals surface area (Å²) in [4.78, 5) is 0.